The predicted octanol–water partition coefficient (Wildman–Crippen LogP) is 3.00. The molecular weight excluding hydrogens is 333 g/mol. The Hall–Kier alpha value is -0.910. The minimum atomic E-state index is -1.14. The van der Waals surface area contributed by atoms with Gasteiger partial charge in [-0.3, -0.25) is 4.79 Å². The number of carboxylic acids is 1. The normalized spacial score (nSPS) is 17.2. The van der Waals surface area contributed by atoms with Crippen LogP contribution in [0.3, 0.4) is 0 Å². The van der Waals surface area contributed by atoms with Crippen LogP contribution in [0.4, 0.5) is 0 Å². The fourth-order valence-corrected chi connectivity index (χ4v) is 3.77. The average Bonchev–Trinajstić information content (AvgIpc) is 2.43. The molecule has 2 N–H and O–H groups in total. The van der Waals surface area contributed by atoms with Crippen LogP contribution < -0.4 is 5.32 Å². The van der Waals surface area contributed by atoms with Gasteiger partial charge in [0.05, 0.1) is 16.5 Å². The number of hydrogen-bond donors (Lipinski definition) is 2. The molecule has 4 nitrogen and oxygen atoms in total. The zero-order valence-corrected chi connectivity index (χ0v) is 13.5. The van der Waals surface area contributed by atoms with E-state index in [0.717, 1.165) is 11.5 Å². The van der Waals surface area contributed by atoms with Gasteiger partial charge in [0.2, 0.25) is 5.91 Å². The van der Waals surface area contributed by atoms with Crippen LogP contribution in [-0.2, 0) is 16.0 Å². The topological polar surface area (TPSA) is 66.4 Å². The summed E-state index contributed by atoms with van der Waals surface area (Å²) < 4.78 is 0. The third-order valence-corrected chi connectivity index (χ3v) is 5.21. The monoisotopic (exact) mass is 347 g/mol. The number of hydrogen-bond acceptors (Lipinski definition) is 3. The summed E-state index contributed by atoms with van der Waals surface area (Å²) >= 11 is 13.4. The highest BCUT2D eigenvalue weighted by Gasteiger charge is 2.41. The van der Waals surface area contributed by atoms with Gasteiger partial charge in [0.1, 0.15) is 5.54 Å². The second-order valence-electron chi connectivity index (χ2n) is 4.97. The molecule has 1 aliphatic heterocycles. The molecule has 114 valence electrons. The molecule has 1 saturated heterocycles. The smallest absolute Gasteiger partial charge is 0.329 e. The van der Waals surface area contributed by atoms with Crippen LogP contribution in [0.25, 0.3) is 0 Å². The van der Waals surface area contributed by atoms with E-state index in [-0.39, 0.29) is 12.3 Å². The van der Waals surface area contributed by atoms with Crippen molar-refractivity contribution in [3.05, 3.63) is 33.8 Å². The molecule has 1 aliphatic rings. The van der Waals surface area contributed by atoms with Gasteiger partial charge >= 0.3 is 5.97 Å². The minimum absolute atomic E-state index is 0.0824. The molecule has 7 heteroatoms. The van der Waals surface area contributed by atoms with Crippen molar-refractivity contribution >= 4 is 46.8 Å². The highest BCUT2D eigenvalue weighted by atomic mass is 35.5. The van der Waals surface area contributed by atoms with Crippen molar-refractivity contribution in [1.82, 2.24) is 5.32 Å². The van der Waals surface area contributed by atoms with Crippen molar-refractivity contribution in [3.8, 4) is 0 Å². The molecule has 1 heterocycles. The first kappa shape index (κ1) is 16.5. The molecule has 1 aromatic rings. The second-order valence-corrected chi connectivity index (χ2v) is 7.01. The number of nitrogens with one attached hydrogen (secondary N) is 1. The van der Waals surface area contributed by atoms with Crippen molar-refractivity contribution in [2.24, 2.45) is 0 Å². The lowest BCUT2D eigenvalue weighted by molar-refractivity contribution is -0.148. The van der Waals surface area contributed by atoms with Gasteiger partial charge in [-0.15, -0.1) is 0 Å². The van der Waals surface area contributed by atoms with E-state index in [1.807, 2.05) is 0 Å². The van der Waals surface area contributed by atoms with Crippen LogP contribution in [0.15, 0.2) is 18.2 Å². The summed E-state index contributed by atoms with van der Waals surface area (Å²) in [5.41, 5.74) is -0.439. The van der Waals surface area contributed by atoms with E-state index in [2.05, 4.69) is 5.32 Å². The number of benzene rings is 1. The molecule has 0 aliphatic carbocycles. The summed E-state index contributed by atoms with van der Waals surface area (Å²) in [7, 11) is 0. The van der Waals surface area contributed by atoms with Crippen LogP contribution in [0.5, 0.6) is 0 Å². The SMILES string of the molecule is O=C(Cc1ccc(Cl)c(Cl)c1)NC1(C(=O)O)CCSCC1. The van der Waals surface area contributed by atoms with E-state index in [1.54, 1.807) is 30.0 Å². The Balaban J connectivity index is 2.05. The van der Waals surface area contributed by atoms with E-state index >= 15 is 0 Å². The lowest BCUT2D eigenvalue weighted by Crippen LogP contribution is -2.56. The van der Waals surface area contributed by atoms with Crippen LogP contribution in [0, 0.1) is 0 Å². The number of carbonyl (C=O) groups excluding carboxylic acids is 1. The van der Waals surface area contributed by atoms with Crippen molar-refractivity contribution in [3.63, 3.8) is 0 Å². The molecule has 0 atom stereocenters. The molecule has 0 radical (unpaired) electrons. The van der Waals surface area contributed by atoms with Crippen molar-refractivity contribution in [1.29, 1.82) is 0 Å². The maximum atomic E-state index is 12.1. The third kappa shape index (κ3) is 4.05. The number of thioether (sulfide) groups is 1. The maximum Gasteiger partial charge on any atom is 0.329 e. The fourth-order valence-electron chi connectivity index (χ4n) is 2.26. The van der Waals surface area contributed by atoms with Crippen LogP contribution in [0.1, 0.15) is 18.4 Å². The van der Waals surface area contributed by atoms with Crippen LogP contribution >= 0.6 is 35.0 Å². The molecule has 1 aromatic carbocycles. The van der Waals surface area contributed by atoms with Crippen molar-refractivity contribution < 1.29 is 14.7 Å². The van der Waals surface area contributed by atoms with Crippen molar-refractivity contribution in [2.45, 2.75) is 24.8 Å². The van der Waals surface area contributed by atoms with Crippen LogP contribution in [0.2, 0.25) is 10.0 Å². The van der Waals surface area contributed by atoms with Crippen LogP contribution in [-0.4, -0.2) is 34.0 Å². The van der Waals surface area contributed by atoms with E-state index < -0.39 is 11.5 Å². The summed E-state index contributed by atoms with van der Waals surface area (Å²) in [6.07, 6.45) is 0.972. The van der Waals surface area contributed by atoms with E-state index in [9.17, 15) is 14.7 Å². The Morgan fingerprint density at radius 2 is 1.90 bits per heavy atom. The van der Waals surface area contributed by atoms with Gasteiger partial charge in [-0.25, -0.2) is 4.79 Å². The molecule has 0 bridgehead atoms. The minimum Gasteiger partial charge on any atom is -0.480 e. The fraction of sp³-hybridized carbons (Fsp3) is 0.429. The first-order valence-corrected chi connectivity index (χ1v) is 8.40. The molecular formula is C14H15Cl2NO3S. The largest absolute Gasteiger partial charge is 0.480 e. The number of carbonyl (C=O) groups is 2. The van der Waals surface area contributed by atoms with Gasteiger partial charge in [0, 0.05) is 0 Å². The Morgan fingerprint density at radius 3 is 2.48 bits per heavy atom. The number of carboxylic acid groups (broad SMARTS) is 1. The van der Waals surface area contributed by atoms with Gasteiger partial charge < -0.3 is 10.4 Å². The highest BCUT2D eigenvalue weighted by molar-refractivity contribution is 7.99. The molecule has 2 rings (SSSR count). The number of aliphatic carboxylic acids is 1. The van der Waals surface area contributed by atoms with E-state index in [1.165, 1.54) is 0 Å². The lowest BCUT2D eigenvalue weighted by atomic mass is 9.92. The molecule has 0 aromatic heterocycles. The quantitative estimate of drug-likeness (QED) is 0.878. The molecule has 1 fully saturated rings. The summed E-state index contributed by atoms with van der Waals surface area (Å²) in [5.74, 6) is 0.187. The Labute approximate surface area is 137 Å². The standard InChI is InChI=1S/C14H15Cl2NO3S/c15-10-2-1-9(7-11(10)16)8-12(18)17-14(13(19)20)3-5-21-6-4-14/h1-2,7H,3-6,8H2,(H,17,18)(H,19,20). The Bertz CT molecular complexity index is 559. The maximum absolute atomic E-state index is 12.1. The van der Waals surface area contributed by atoms with Gasteiger partial charge in [-0.05, 0) is 42.0 Å². The number of rotatable bonds is 4. The highest BCUT2D eigenvalue weighted by Crippen LogP contribution is 2.28. The summed E-state index contributed by atoms with van der Waals surface area (Å²) in [4.78, 5) is 23.6. The third-order valence-electron chi connectivity index (χ3n) is 3.48. The summed E-state index contributed by atoms with van der Waals surface area (Å²) in [5, 5.41) is 12.9. The first-order valence-electron chi connectivity index (χ1n) is 6.49. The Morgan fingerprint density at radius 1 is 1.24 bits per heavy atom. The summed E-state index contributed by atoms with van der Waals surface area (Å²) in [6.45, 7) is 0. The summed E-state index contributed by atoms with van der Waals surface area (Å²) in [6, 6.07) is 4.95. The zero-order chi connectivity index (χ0) is 15.5. The van der Waals surface area contributed by atoms with E-state index in [0.29, 0.717) is 28.5 Å². The number of amides is 1. The average molecular weight is 348 g/mol. The number of halogens is 2. The Kier molecular flexibility index (Phi) is 5.41. The molecule has 0 saturated carbocycles. The van der Waals surface area contributed by atoms with Crippen molar-refractivity contribution in [2.75, 3.05) is 11.5 Å². The lowest BCUT2D eigenvalue weighted by Gasteiger charge is -2.33. The zero-order valence-electron chi connectivity index (χ0n) is 11.2. The van der Waals surface area contributed by atoms with Gasteiger partial charge in [-0.1, -0.05) is 29.3 Å². The van der Waals surface area contributed by atoms with E-state index in [4.69, 9.17) is 23.2 Å². The molecule has 21 heavy (non-hydrogen) atoms. The second kappa shape index (κ2) is 6.90. The first-order chi connectivity index (χ1) is 9.93. The molecule has 0 spiro atoms. The molecule has 1 amide bonds. The molecule has 0 unspecified atom stereocenters. The van der Waals surface area contributed by atoms with Gasteiger partial charge in [-0.2, -0.15) is 11.8 Å². The van der Waals surface area contributed by atoms with Gasteiger partial charge in [0.15, 0.2) is 0 Å². The van der Waals surface area contributed by atoms with Gasteiger partial charge in [0.25, 0.3) is 0 Å². The predicted molar refractivity (Wildman–Crippen MR) is 85.2 cm³/mol.